The van der Waals surface area contributed by atoms with Gasteiger partial charge in [-0.25, -0.2) is 17.8 Å². The van der Waals surface area contributed by atoms with Gasteiger partial charge in [-0.05, 0) is 50.2 Å². The second-order valence-corrected chi connectivity index (χ2v) is 8.59. The number of halogens is 2. The van der Waals surface area contributed by atoms with E-state index in [4.69, 9.17) is 23.2 Å². The molecule has 0 aliphatic heterocycles. The van der Waals surface area contributed by atoms with Crippen molar-refractivity contribution in [2.75, 3.05) is 18.4 Å². The largest absolute Gasteiger partial charge is 0.367 e. The minimum absolute atomic E-state index is 0.0595. The van der Waals surface area contributed by atoms with Crippen molar-refractivity contribution >= 4 is 39.0 Å². The molecule has 28 heavy (non-hydrogen) atoms. The Hall–Kier alpha value is -2.20. The van der Waals surface area contributed by atoms with Gasteiger partial charge in [0.05, 0.1) is 10.7 Å². The van der Waals surface area contributed by atoms with E-state index in [-0.39, 0.29) is 16.5 Å². The van der Waals surface area contributed by atoms with E-state index in [2.05, 4.69) is 25.3 Å². The van der Waals surface area contributed by atoms with E-state index in [9.17, 15) is 8.42 Å². The zero-order valence-corrected chi connectivity index (χ0v) is 17.5. The monoisotopic (exact) mass is 440 g/mol. The normalized spacial score (nSPS) is 11.6. The number of aromatic nitrogens is 4. The molecule has 0 atom stereocenters. The third kappa shape index (κ3) is 4.79. The van der Waals surface area contributed by atoms with Crippen molar-refractivity contribution in [3.63, 3.8) is 0 Å². The third-order valence-electron chi connectivity index (χ3n) is 3.78. The van der Waals surface area contributed by atoms with E-state index in [0.717, 1.165) is 11.4 Å². The number of hydrogen-bond donors (Lipinski definition) is 2. The number of rotatable bonds is 7. The summed E-state index contributed by atoms with van der Waals surface area (Å²) in [7, 11) is -3.77. The molecule has 0 radical (unpaired) electrons. The molecule has 3 aromatic rings. The molecule has 0 unspecified atom stereocenters. The minimum atomic E-state index is -3.77. The Morgan fingerprint density at radius 1 is 1.04 bits per heavy atom. The number of aryl methyl sites for hydroxylation is 2. The Morgan fingerprint density at radius 2 is 1.82 bits per heavy atom. The Balaban J connectivity index is 1.56. The third-order valence-corrected chi connectivity index (χ3v) is 5.96. The lowest BCUT2D eigenvalue weighted by atomic mass is 10.4. The second-order valence-electron chi connectivity index (χ2n) is 6.01. The van der Waals surface area contributed by atoms with Gasteiger partial charge in [0.25, 0.3) is 0 Å². The van der Waals surface area contributed by atoms with Gasteiger partial charge in [-0.3, -0.25) is 0 Å². The summed E-state index contributed by atoms with van der Waals surface area (Å²) < 4.78 is 28.8. The summed E-state index contributed by atoms with van der Waals surface area (Å²) >= 11 is 11.8. The number of sulfonamides is 1. The van der Waals surface area contributed by atoms with Crippen molar-refractivity contribution in [1.29, 1.82) is 0 Å². The van der Waals surface area contributed by atoms with Crippen molar-refractivity contribution in [3.05, 3.63) is 57.8 Å². The maximum atomic E-state index is 12.3. The molecule has 1 aromatic carbocycles. The minimum Gasteiger partial charge on any atom is -0.367 e. The van der Waals surface area contributed by atoms with Crippen molar-refractivity contribution < 1.29 is 8.42 Å². The van der Waals surface area contributed by atoms with Gasteiger partial charge >= 0.3 is 0 Å². The topological polar surface area (TPSA) is 102 Å². The zero-order chi connectivity index (χ0) is 20.3. The SMILES string of the molecule is Cc1cc(C)n(-c2ccc(NCCNS(=O)(=O)c3cc(Cl)ccc3Cl)nn2)n1. The van der Waals surface area contributed by atoms with Gasteiger partial charge in [0.1, 0.15) is 10.7 Å². The molecule has 2 heterocycles. The maximum Gasteiger partial charge on any atom is 0.242 e. The van der Waals surface area contributed by atoms with Gasteiger partial charge in [0.2, 0.25) is 10.0 Å². The van der Waals surface area contributed by atoms with E-state index in [1.807, 2.05) is 19.9 Å². The molecule has 8 nitrogen and oxygen atoms in total. The fraction of sp³-hybridized carbons (Fsp3) is 0.235. The molecule has 2 N–H and O–H groups in total. The Bertz CT molecular complexity index is 1080. The van der Waals surface area contributed by atoms with E-state index in [1.165, 1.54) is 18.2 Å². The summed E-state index contributed by atoms with van der Waals surface area (Å²) in [5.41, 5.74) is 1.86. The number of nitrogens with one attached hydrogen (secondary N) is 2. The van der Waals surface area contributed by atoms with E-state index in [1.54, 1.807) is 16.8 Å². The molecular weight excluding hydrogens is 423 g/mol. The van der Waals surface area contributed by atoms with Crippen molar-refractivity contribution in [2.45, 2.75) is 18.7 Å². The number of benzene rings is 1. The smallest absolute Gasteiger partial charge is 0.242 e. The van der Waals surface area contributed by atoms with Crippen LogP contribution in [0.25, 0.3) is 5.82 Å². The highest BCUT2D eigenvalue weighted by Crippen LogP contribution is 2.24. The molecule has 0 saturated heterocycles. The van der Waals surface area contributed by atoms with Gasteiger partial charge in [-0.2, -0.15) is 5.10 Å². The van der Waals surface area contributed by atoms with E-state index in [0.29, 0.717) is 23.2 Å². The first-order valence-electron chi connectivity index (χ1n) is 8.32. The van der Waals surface area contributed by atoms with Crippen LogP contribution in [-0.4, -0.2) is 41.5 Å². The van der Waals surface area contributed by atoms with Crippen LogP contribution in [0.2, 0.25) is 10.0 Å². The molecule has 0 fully saturated rings. The summed E-state index contributed by atoms with van der Waals surface area (Å²) in [6, 6.07) is 9.76. The van der Waals surface area contributed by atoms with E-state index < -0.39 is 10.0 Å². The Morgan fingerprint density at radius 3 is 2.46 bits per heavy atom. The van der Waals surface area contributed by atoms with Crippen LogP contribution in [0.3, 0.4) is 0 Å². The standard InChI is InChI=1S/C17H18Cl2N6O2S/c1-11-9-12(2)25(24-11)17-6-5-16(22-23-17)20-7-8-21-28(26,27)15-10-13(18)3-4-14(15)19/h3-6,9-10,21H,7-8H2,1-2H3,(H,20,22). The number of anilines is 1. The van der Waals surface area contributed by atoms with Crippen LogP contribution in [0.1, 0.15) is 11.4 Å². The highest BCUT2D eigenvalue weighted by atomic mass is 35.5. The molecule has 0 aliphatic rings. The van der Waals surface area contributed by atoms with Gasteiger partial charge in [-0.1, -0.05) is 23.2 Å². The summed E-state index contributed by atoms with van der Waals surface area (Å²) in [4.78, 5) is -0.0595. The first-order chi connectivity index (χ1) is 13.3. The van der Waals surface area contributed by atoms with Crippen molar-refractivity contribution in [3.8, 4) is 5.82 Å². The molecule has 2 aromatic heterocycles. The van der Waals surface area contributed by atoms with Crippen LogP contribution < -0.4 is 10.0 Å². The Labute approximate surface area is 172 Å². The molecule has 11 heteroatoms. The maximum absolute atomic E-state index is 12.3. The molecule has 0 amide bonds. The van der Waals surface area contributed by atoms with Gasteiger partial charge in [0, 0.05) is 23.8 Å². The van der Waals surface area contributed by atoms with Gasteiger partial charge in [-0.15, -0.1) is 10.2 Å². The highest BCUT2D eigenvalue weighted by Gasteiger charge is 2.17. The first-order valence-corrected chi connectivity index (χ1v) is 10.6. The molecule has 0 bridgehead atoms. The van der Waals surface area contributed by atoms with Crippen LogP contribution in [0.4, 0.5) is 5.82 Å². The molecule has 0 saturated carbocycles. The summed E-state index contributed by atoms with van der Waals surface area (Å²) in [6.45, 7) is 4.29. The fourth-order valence-corrected chi connectivity index (χ4v) is 4.32. The average Bonchev–Trinajstić information content (AvgIpc) is 2.99. The Kier molecular flexibility index (Phi) is 6.19. The zero-order valence-electron chi connectivity index (χ0n) is 15.1. The lowest BCUT2D eigenvalue weighted by Crippen LogP contribution is -2.29. The van der Waals surface area contributed by atoms with Crippen LogP contribution in [0.5, 0.6) is 0 Å². The van der Waals surface area contributed by atoms with Gasteiger partial charge < -0.3 is 5.32 Å². The number of nitrogens with zero attached hydrogens (tertiary/aromatic N) is 4. The summed E-state index contributed by atoms with van der Waals surface area (Å²) in [5, 5.41) is 16.0. The predicted octanol–water partition coefficient (Wildman–Crippen LogP) is 2.98. The van der Waals surface area contributed by atoms with Crippen LogP contribution in [0, 0.1) is 13.8 Å². The lowest BCUT2D eigenvalue weighted by molar-refractivity contribution is 0.583. The van der Waals surface area contributed by atoms with Crippen LogP contribution in [0.15, 0.2) is 41.3 Å². The average molecular weight is 441 g/mol. The van der Waals surface area contributed by atoms with Crippen LogP contribution in [-0.2, 0) is 10.0 Å². The second kappa shape index (κ2) is 8.44. The molecule has 3 rings (SSSR count). The molecular formula is C17H18Cl2N6O2S. The van der Waals surface area contributed by atoms with Crippen molar-refractivity contribution in [2.24, 2.45) is 0 Å². The molecule has 0 spiro atoms. The quantitative estimate of drug-likeness (QED) is 0.547. The molecule has 148 valence electrons. The van der Waals surface area contributed by atoms with Gasteiger partial charge in [0.15, 0.2) is 5.82 Å². The van der Waals surface area contributed by atoms with E-state index >= 15 is 0 Å². The number of hydrogen-bond acceptors (Lipinski definition) is 6. The summed E-state index contributed by atoms with van der Waals surface area (Å²) in [6.07, 6.45) is 0. The predicted molar refractivity (Wildman–Crippen MR) is 109 cm³/mol. The fourth-order valence-electron chi connectivity index (χ4n) is 2.53. The van der Waals surface area contributed by atoms with Crippen LogP contribution >= 0.6 is 23.2 Å². The first kappa shape index (κ1) is 20.5. The highest BCUT2D eigenvalue weighted by molar-refractivity contribution is 7.89. The van der Waals surface area contributed by atoms with Crippen molar-refractivity contribution in [1.82, 2.24) is 24.7 Å². The lowest BCUT2D eigenvalue weighted by Gasteiger charge is -2.10. The summed E-state index contributed by atoms with van der Waals surface area (Å²) in [5.74, 6) is 1.12. The molecule has 0 aliphatic carbocycles.